The van der Waals surface area contributed by atoms with Gasteiger partial charge in [0, 0.05) is 12.5 Å². The summed E-state index contributed by atoms with van der Waals surface area (Å²) in [7, 11) is -3.59. The first-order valence-corrected chi connectivity index (χ1v) is 6.27. The summed E-state index contributed by atoms with van der Waals surface area (Å²) in [4.78, 5) is 22.9. The highest BCUT2D eigenvalue weighted by Gasteiger charge is 2.25. The van der Waals surface area contributed by atoms with Crippen LogP contribution in [0.25, 0.3) is 0 Å². The van der Waals surface area contributed by atoms with E-state index in [1.54, 1.807) is 6.92 Å². The van der Waals surface area contributed by atoms with Crippen molar-refractivity contribution in [3.63, 3.8) is 0 Å². The third-order valence-corrected chi connectivity index (χ3v) is 3.23. The van der Waals surface area contributed by atoms with Crippen LogP contribution < -0.4 is 5.56 Å². The van der Waals surface area contributed by atoms with Crippen molar-refractivity contribution in [2.45, 2.75) is 18.2 Å². The molecule has 0 radical (unpaired) electrons. The molecule has 7 nitrogen and oxygen atoms in total. The fraction of sp³-hybridized carbons (Fsp3) is 0.375. The Morgan fingerprint density at radius 1 is 1.50 bits per heavy atom. The van der Waals surface area contributed by atoms with Gasteiger partial charge >= 0.3 is 11.2 Å². The fourth-order valence-corrected chi connectivity index (χ4v) is 2.37. The molecule has 16 heavy (non-hydrogen) atoms. The lowest BCUT2D eigenvalue weighted by Crippen LogP contribution is -2.17. The highest BCUT2D eigenvalue weighted by molar-refractivity contribution is 7.90. The Morgan fingerprint density at radius 3 is 2.44 bits per heavy atom. The van der Waals surface area contributed by atoms with Crippen LogP contribution in [0.15, 0.2) is 15.9 Å². The highest BCUT2D eigenvalue weighted by atomic mass is 32.2. The minimum atomic E-state index is -3.59. The molecule has 0 saturated carbocycles. The second-order valence-electron chi connectivity index (χ2n) is 3.19. The lowest BCUT2D eigenvalue weighted by atomic mass is 10.2. The van der Waals surface area contributed by atoms with E-state index < -0.39 is 26.0 Å². The van der Waals surface area contributed by atoms with E-state index in [9.17, 15) is 23.3 Å². The molecule has 0 bridgehead atoms. The number of hydrogen-bond donors (Lipinski definition) is 1. The summed E-state index contributed by atoms with van der Waals surface area (Å²) in [6, 6.07) is 0. The predicted octanol–water partition coefficient (Wildman–Crippen LogP) is 0.249. The van der Waals surface area contributed by atoms with Gasteiger partial charge in [-0.2, -0.15) is 0 Å². The molecule has 0 fully saturated rings. The van der Waals surface area contributed by atoms with Crippen molar-refractivity contribution < 1.29 is 13.3 Å². The maximum absolute atomic E-state index is 11.4. The lowest BCUT2D eigenvalue weighted by Gasteiger charge is -2.05. The van der Waals surface area contributed by atoms with Crippen LogP contribution in [-0.2, 0) is 16.3 Å². The van der Waals surface area contributed by atoms with Crippen molar-refractivity contribution >= 4 is 15.5 Å². The number of sulfone groups is 1. The van der Waals surface area contributed by atoms with Gasteiger partial charge in [0.2, 0.25) is 0 Å². The molecule has 0 unspecified atom stereocenters. The summed E-state index contributed by atoms with van der Waals surface area (Å²) in [5.74, 6) is 0. The number of hydrogen-bond acceptors (Lipinski definition) is 5. The third-order valence-electron chi connectivity index (χ3n) is 2.07. The van der Waals surface area contributed by atoms with Crippen LogP contribution in [0.1, 0.15) is 12.5 Å². The Balaban J connectivity index is 3.77. The van der Waals surface area contributed by atoms with Crippen molar-refractivity contribution in [2.75, 3.05) is 6.26 Å². The number of nitro groups is 1. The topological polar surface area (TPSA) is 110 Å². The highest BCUT2D eigenvalue weighted by Crippen LogP contribution is 2.21. The SMILES string of the molecule is CCc1c(S(C)(=O)=O)c[nH]c(=O)c1[N+](=O)[O-]. The molecule has 1 rings (SSSR count). The summed E-state index contributed by atoms with van der Waals surface area (Å²) in [6.45, 7) is 1.55. The van der Waals surface area contributed by atoms with E-state index in [4.69, 9.17) is 0 Å². The van der Waals surface area contributed by atoms with Crippen LogP contribution in [0, 0.1) is 10.1 Å². The zero-order valence-corrected chi connectivity index (χ0v) is 9.50. The van der Waals surface area contributed by atoms with Crippen LogP contribution >= 0.6 is 0 Å². The fourth-order valence-electron chi connectivity index (χ4n) is 1.41. The average Bonchev–Trinajstić information content (AvgIpc) is 2.14. The summed E-state index contributed by atoms with van der Waals surface area (Å²) < 4.78 is 22.7. The Kier molecular flexibility index (Phi) is 3.13. The molecule has 0 aliphatic rings. The largest absolute Gasteiger partial charge is 0.338 e. The van der Waals surface area contributed by atoms with Gasteiger partial charge in [0.05, 0.1) is 15.4 Å². The van der Waals surface area contributed by atoms with Gasteiger partial charge in [-0.15, -0.1) is 0 Å². The summed E-state index contributed by atoms with van der Waals surface area (Å²) >= 11 is 0. The van der Waals surface area contributed by atoms with E-state index in [0.29, 0.717) is 0 Å². The standard InChI is InChI=1S/C8H10N2O5S/c1-3-5-6(16(2,14)15)4-9-8(11)7(5)10(12)13/h4H,3H2,1-2H3,(H,9,11). The van der Waals surface area contributed by atoms with Crippen LogP contribution in [0.4, 0.5) is 5.69 Å². The predicted molar refractivity (Wildman–Crippen MR) is 56.2 cm³/mol. The Labute approximate surface area is 91.2 Å². The van der Waals surface area contributed by atoms with E-state index in [1.807, 2.05) is 0 Å². The number of pyridine rings is 1. The Morgan fingerprint density at radius 2 is 2.06 bits per heavy atom. The van der Waals surface area contributed by atoms with Crippen molar-refractivity contribution in [1.29, 1.82) is 0 Å². The number of nitrogens with zero attached hydrogens (tertiary/aromatic N) is 1. The molecular formula is C8H10N2O5S. The first kappa shape index (κ1) is 12.4. The molecule has 1 aromatic heterocycles. The van der Waals surface area contributed by atoms with Crippen molar-refractivity contribution in [3.8, 4) is 0 Å². The monoisotopic (exact) mass is 246 g/mol. The van der Waals surface area contributed by atoms with Gasteiger partial charge in [0.15, 0.2) is 9.84 Å². The van der Waals surface area contributed by atoms with Crippen molar-refractivity contribution in [2.24, 2.45) is 0 Å². The van der Waals surface area contributed by atoms with Gasteiger partial charge in [0.25, 0.3) is 0 Å². The summed E-state index contributed by atoms with van der Waals surface area (Å²) in [5.41, 5.74) is -1.66. The van der Waals surface area contributed by atoms with Crippen LogP contribution in [0.2, 0.25) is 0 Å². The van der Waals surface area contributed by atoms with E-state index in [1.165, 1.54) is 0 Å². The normalized spacial score (nSPS) is 11.4. The second kappa shape index (κ2) is 4.05. The van der Waals surface area contributed by atoms with Crippen molar-refractivity contribution in [3.05, 3.63) is 32.2 Å². The quantitative estimate of drug-likeness (QED) is 0.607. The summed E-state index contributed by atoms with van der Waals surface area (Å²) in [6.07, 6.45) is 2.02. The van der Waals surface area contributed by atoms with E-state index in [0.717, 1.165) is 12.5 Å². The number of H-pyrrole nitrogens is 1. The Hall–Kier alpha value is -1.70. The third kappa shape index (κ3) is 2.11. The van der Waals surface area contributed by atoms with E-state index in [-0.39, 0.29) is 16.9 Å². The number of rotatable bonds is 3. The summed E-state index contributed by atoms with van der Waals surface area (Å²) in [5, 5.41) is 10.7. The molecule has 1 N–H and O–H groups in total. The van der Waals surface area contributed by atoms with Gasteiger partial charge in [-0.25, -0.2) is 8.42 Å². The zero-order chi connectivity index (χ0) is 12.5. The maximum atomic E-state index is 11.4. The number of nitrogens with one attached hydrogen (secondary N) is 1. The molecule has 0 atom stereocenters. The molecule has 8 heteroatoms. The minimum Gasteiger partial charge on any atom is -0.322 e. The molecule has 0 aliphatic carbocycles. The smallest absolute Gasteiger partial charge is 0.322 e. The zero-order valence-electron chi connectivity index (χ0n) is 8.68. The van der Waals surface area contributed by atoms with Gasteiger partial charge in [-0.1, -0.05) is 6.92 Å². The molecule has 0 saturated heterocycles. The van der Waals surface area contributed by atoms with Gasteiger partial charge in [-0.05, 0) is 6.42 Å². The van der Waals surface area contributed by atoms with Crippen LogP contribution in [0.3, 0.4) is 0 Å². The molecular weight excluding hydrogens is 236 g/mol. The van der Waals surface area contributed by atoms with E-state index >= 15 is 0 Å². The Bertz CT molecular complexity index is 587. The van der Waals surface area contributed by atoms with Gasteiger partial charge in [-0.3, -0.25) is 14.9 Å². The molecule has 88 valence electrons. The van der Waals surface area contributed by atoms with Crippen LogP contribution in [0.5, 0.6) is 0 Å². The molecule has 0 aromatic carbocycles. The molecule has 0 amide bonds. The first-order valence-electron chi connectivity index (χ1n) is 4.38. The molecule has 1 heterocycles. The molecule has 0 aliphatic heterocycles. The second-order valence-corrected chi connectivity index (χ2v) is 5.18. The van der Waals surface area contributed by atoms with Crippen molar-refractivity contribution in [1.82, 2.24) is 4.98 Å². The van der Waals surface area contributed by atoms with Crippen LogP contribution in [-0.4, -0.2) is 24.6 Å². The first-order chi connectivity index (χ1) is 7.29. The van der Waals surface area contributed by atoms with Gasteiger partial charge in [0.1, 0.15) is 0 Å². The molecule has 0 spiro atoms. The maximum Gasteiger partial charge on any atom is 0.338 e. The average molecular weight is 246 g/mol. The molecule has 1 aromatic rings. The number of aromatic nitrogens is 1. The van der Waals surface area contributed by atoms with Gasteiger partial charge < -0.3 is 4.98 Å². The number of aromatic amines is 1. The van der Waals surface area contributed by atoms with E-state index in [2.05, 4.69) is 4.98 Å². The minimum absolute atomic E-state index is 0.0590. The lowest BCUT2D eigenvalue weighted by molar-refractivity contribution is -0.387.